The molecule has 1 N–H and O–H groups in total. The van der Waals surface area contributed by atoms with E-state index in [4.69, 9.17) is 9.72 Å². The van der Waals surface area contributed by atoms with Gasteiger partial charge in [-0.25, -0.2) is 4.98 Å². The second-order valence-electron chi connectivity index (χ2n) is 5.96. The summed E-state index contributed by atoms with van der Waals surface area (Å²) in [5.41, 5.74) is 3.29. The molecule has 1 aliphatic carbocycles. The van der Waals surface area contributed by atoms with Crippen molar-refractivity contribution in [2.24, 2.45) is 0 Å². The first kappa shape index (κ1) is 15.7. The van der Waals surface area contributed by atoms with Crippen LogP contribution in [-0.2, 0) is 4.74 Å². The van der Waals surface area contributed by atoms with Gasteiger partial charge < -0.3 is 9.84 Å². The number of nitrogens with zero attached hydrogens (tertiary/aromatic N) is 2. The van der Waals surface area contributed by atoms with Gasteiger partial charge in [0, 0.05) is 23.2 Å². The lowest BCUT2D eigenvalue weighted by Crippen LogP contribution is -2.00. The normalized spacial score (nSPS) is 22.5. The Morgan fingerprint density at radius 1 is 1.25 bits per heavy atom. The van der Waals surface area contributed by atoms with Gasteiger partial charge in [-0.2, -0.15) is 0 Å². The number of aromatic nitrogens is 2. The molecule has 4 nitrogen and oxygen atoms in total. The van der Waals surface area contributed by atoms with Crippen LogP contribution in [0.4, 0.5) is 0 Å². The third-order valence-electron chi connectivity index (χ3n) is 4.19. The lowest BCUT2D eigenvalue weighted by Gasteiger charge is -2.10. The standard InChI is InChI=1S/C19H20N2O2S/c22-18-17(23-18)11-12-24-19-20-16(14-7-3-1-4-8-14)13-21(19)15-9-5-2-6-10-15/h1,3-5,7-10,13,17-18,22H,2,6,11-12H2. The molecule has 1 aromatic carbocycles. The molecular weight excluding hydrogens is 320 g/mol. The van der Waals surface area contributed by atoms with E-state index < -0.39 is 6.29 Å². The number of rotatable bonds is 6. The summed E-state index contributed by atoms with van der Waals surface area (Å²) in [6, 6.07) is 10.3. The van der Waals surface area contributed by atoms with E-state index in [0.29, 0.717) is 0 Å². The summed E-state index contributed by atoms with van der Waals surface area (Å²) in [5, 5.41) is 10.3. The van der Waals surface area contributed by atoms with Crippen LogP contribution in [0.2, 0.25) is 0 Å². The van der Waals surface area contributed by atoms with Gasteiger partial charge in [-0.05, 0) is 25.3 Å². The van der Waals surface area contributed by atoms with E-state index in [-0.39, 0.29) is 6.10 Å². The summed E-state index contributed by atoms with van der Waals surface area (Å²) in [5.74, 6) is 0.879. The van der Waals surface area contributed by atoms with E-state index in [2.05, 4.69) is 41.1 Å². The molecule has 2 aliphatic rings. The van der Waals surface area contributed by atoms with Crippen LogP contribution in [0, 0.1) is 0 Å². The van der Waals surface area contributed by atoms with Crippen LogP contribution in [0.15, 0.2) is 59.9 Å². The Morgan fingerprint density at radius 2 is 2.08 bits per heavy atom. The predicted octanol–water partition coefficient (Wildman–Crippen LogP) is 3.94. The molecule has 4 rings (SSSR count). The molecule has 1 saturated heterocycles. The van der Waals surface area contributed by atoms with Crippen molar-refractivity contribution in [2.75, 3.05) is 5.75 Å². The van der Waals surface area contributed by atoms with Crippen LogP contribution in [0.5, 0.6) is 0 Å². The Bertz CT molecular complexity index is 767. The SMILES string of the molecule is OC1OC1CCSc1nc(-c2ccccc2)cn1C1=CCCC=C1. The maximum Gasteiger partial charge on any atom is 0.181 e. The van der Waals surface area contributed by atoms with Gasteiger partial charge in [-0.3, -0.25) is 4.57 Å². The van der Waals surface area contributed by atoms with Crippen molar-refractivity contribution >= 4 is 17.5 Å². The second kappa shape index (κ2) is 6.97. The fourth-order valence-corrected chi connectivity index (χ4v) is 3.78. The Labute approximate surface area is 145 Å². The van der Waals surface area contributed by atoms with Crippen molar-refractivity contribution in [3.8, 4) is 11.3 Å². The first-order chi connectivity index (χ1) is 11.8. The lowest BCUT2D eigenvalue weighted by atomic mass is 10.1. The summed E-state index contributed by atoms with van der Waals surface area (Å²) in [7, 11) is 0. The molecule has 24 heavy (non-hydrogen) atoms. The fraction of sp³-hybridized carbons (Fsp3) is 0.316. The Kier molecular flexibility index (Phi) is 4.56. The van der Waals surface area contributed by atoms with Gasteiger partial charge in [-0.15, -0.1) is 0 Å². The highest BCUT2D eigenvalue weighted by molar-refractivity contribution is 7.99. The van der Waals surface area contributed by atoms with E-state index in [1.165, 1.54) is 5.70 Å². The van der Waals surface area contributed by atoms with Crippen molar-refractivity contribution in [2.45, 2.75) is 36.8 Å². The molecule has 2 atom stereocenters. The minimum Gasteiger partial charge on any atom is -0.366 e. The first-order valence-electron chi connectivity index (χ1n) is 8.29. The zero-order valence-corrected chi connectivity index (χ0v) is 14.2. The van der Waals surface area contributed by atoms with Crippen molar-refractivity contribution in [3.05, 3.63) is 54.8 Å². The number of thioether (sulfide) groups is 1. The molecule has 2 heterocycles. The van der Waals surface area contributed by atoms with Crippen LogP contribution in [-0.4, -0.2) is 32.8 Å². The van der Waals surface area contributed by atoms with Crippen LogP contribution in [0.1, 0.15) is 19.3 Å². The molecule has 124 valence electrons. The quantitative estimate of drug-likeness (QED) is 0.639. The monoisotopic (exact) mass is 340 g/mol. The Morgan fingerprint density at radius 3 is 2.79 bits per heavy atom. The highest BCUT2D eigenvalue weighted by Gasteiger charge is 2.36. The van der Waals surface area contributed by atoms with Gasteiger partial charge >= 0.3 is 0 Å². The maximum absolute atomic E-state index is 9.26. The zero-order chi connectivity index (χ0) is 16.4. The van der Waals surface area contributed by atoms with Crippen molar-refractivity contribution in [1.82, 2.24) is 9.55 Å². The number of hydrogen-bond acceptors (Lipinski definition) is 4. The summed E-state index contributed by atoms with van der Waals surface area (Å²) in [6.07, 6.45) is 11.2. The Balaban J connectivity index is 1.58. The number of aliphatic hydroxyl groups excluding tert-OH is 1. The minimum atomic E-state index is -0.561. The lowest BCUT2D eigenvalue weighted by molar-refractivity contribution is 0.156. The Hall–Kier alpha value is -1.82. The second-order valence-corrected chi connectivity index (χ2v) is 7.02. The molecule has 0 radical (unpaired) electrons. The van der Waals surface area contributed by atoms with Crippen LogP contribution < -0.4 is 0 Å². The summed E-state index contributed by atoms with van der Waals surface area (Å²) in [6.45, 7) is 0. The van der Waals surface area contributed by atoms with Crippen LogP contribution >= 0.6 is 11.8 Å². The molecule has 0 saturated carbocycles. The van der Waals surface area contributed by atoms with E-state index in [1.807, 2.05) is 18.2 Å². The molecule has 1 aliphatic heterocycles. The molecule has 2 unspecified atom stereocenters. The predicted molar refractivity (Wildman–Crippen MR) is 96.5 cm³/mol. The van der Waals surface area contributed by atoms with Gasteiger partial charge in [-0.1, -0.05) is 54.2 Å². The highest BCUT2D eigenvalue weighted by atomic mass is 32.2. The average Bonchev–Trinajstić information content (AvgIpc) is 3.17. The maximum atomic E-state index is 9.26. The summed E-state index contributed by atoms with van der Waals surface area (Å²) in [4.78, 5) is 4.84. The van der Waals surface area contributed by atoms with Crippen molar-refractivity contribution in [1.29, 1.82) is 0 Å². The minimum absolute atomic E-state index is 0.00305. The third-order valence-corrected chi connectivity index (χ3v) is 5.17. The number of hydrogen-bond donors (Lipinski definition) is 1. The number of benzene rings is 1. The van der Waals surface area contributed by atoms with Gasteiger partial charge in [0.25, 0.3) is 0 Å². The van der Waals surface area contributed by atoms with Crippen molar-refractivity contribution in [3.63, 3.8) is 0 Å². The number of epoxide rings is 1. The molecule has 1 aromatic heterocycles. The molecular formula is C19H20N2O2S. The van der Waals surface area contributed by atoms with Gasteiger partial charge in [0.15, 0.2) is 11.4 Å². The molecule has 1 fully saturated rings. The van der Waals surface area contributed by atoms with Gasteiger partial charge in [0.05, 0.1) is 5.69 Å². The first-order valence-corrected chi connectivity index (χ1v) is 9.28. The molecule has 5 heteroatoms. The van der Waals surface area contributed by atoms with Crippen molar-refractivity contribution < 1.29 is 9.84 Å². The van der Waals surface area contributed by atoms with Gasteiger partial charge in [0.1, 0.15) is 6.10 Å². The van der Waals surface area contributed by atoms with Crippen LogP contribution in [0.25, 0.3) is 17.0 Å². The molecule has 0 spiro atoms. The zero-order valence-electron chi connectivity index (χ0n) is 13.3. The van der Waals surface area contributed by atoms with Crippen LogP contribution in [0.3, 0.4) is 0 Å². The third kappa shape index (κ3) is 3.48. The molecule has 0 bridgehead atoms. The highest BCUT2D eigenvalue weighted by Crippen LogP contribution is 2.31. The molecule has 0 amide bonds. The summed E-state index contributed by atoms with van der Waals surface area (Å²) >= 11 is 1.71. The summed E-state index contributed by atoms with van der Waals surface area (Å²) < 4.78 is 7.24. The van der Waals surface area contributed by atoms with E-state index in [9.17, 15) is 5.11 Å². The largest absolute Gasteiger partial charge is 0.366 e. The van der Waals surface area contributed by atoms with Gasteiger partial charge in [0.2, 0.25) is 0 Å². The smallest absolute Gasteiger partial charge is 0.181 e. The topological polar surface area (TPSA) is 50.6 Å². The number of aliphatic hydroxyl groups is 1. The number of allylic oxidation sites excluding steroid dienone is 4. The van der Waals surface area contributed by atoms with E-state index in [0.717, 1.165) is 41.4 Å². The number of imidazole rings is 1. The van der Waals surface area contributed by atoms with E-state index in [1.54, 1.807) is 11.8 Å². The average molecular weight is 340 g/mol. The molecule has 2 aromatic rings. The fourth-order valence-electron chi connectivity index (χ4n) is 2.79. The number of ether oxygens (including phenoxy) is 1. The van der Waals surface area contributed by atoms with E-state index >= 15 is 0 Å².